The van der Waals surface area contributed by atoms with Crippen molar-refractivity contribution < 1.29 is 0 Å². The van der Waals surface area contributed by atoms with E-state index in [4.69, 9.17) is 0 Å². The number of rotatable bonds is 3. The first-order valence-corrected chi connectivity index (χ1v) is 7.27. The van der Waals surface area contributed by atoms with Crippen molar-refractivity contribution in [1.82, 2.24) is 9.84 Å². The van der Waals surface area contributed by atoms with Gasteiger partial charge in [-0.25, -0.2) is 0 Å². The van der Waals surface area contributed by atoms with Gasteiger partial charge in [0.15, 0.2) is 0 Å². The van der Waals surface area contributed by atoms with E-state index in [1.807, 2.05) is 0 Å². The van der Waals surface area contributed by atoms with Crippen molar-refractivity contribution in [3.05, 3.63) is 71.8 Å². The van der Waals surface area contributed by atoms with Crippen molar-refractivity contribution in [3.63, 3.8) is 0 Å². The van der Waals surface area contributed by atoms with Crippen molar-refractivity contribution >= 4 is 22.6 Å². The first-order chi connectivity index (χ1) is 9.40. The van der Waals surface area contributed by atoms with Gasteiger partial charge < -0.3 is 0 Å². The molecule has 0 unspecified atom stereocenters. The lowest BCUT2D eigenvalue weighted by atomic mass is 10.1. The summed E-state index contributed by atoms with van der Waals surface area (Å²) in [6, 6.07) is 21.1. The number of nitrogens with zero attached hydrogens (tertiary/aromatic N) is 1. The van der Waals surface area contributed by atoms with Crippen LogP contribution in [0.1, 0.15) is 18.1 Å². The number of hydrogen-bond donors (Lipinski definition) is 1. The Morgan fingerprint density at radius 3 is 2.05 bits per heavy atom. The van der Waals surface area contributed by atoms with Crippen LogP contribution in [-0.4, -0.2) is 11.6 Å². The third-order valence-electron chi connectivity index (χ3n) is 3.14. The molecule has 2 nitrogen and oxygen atoms in total. The van der Waals surface area contributed by atoms with E-state index in [-0.39, 0.29) is 0 Å². The van der Waals surface area contributed by atoms with Gasteiger partial charge in [-0.05, 0) is 24.4 Å². The smallest absolute Gasteiger partial charge is 0.0756 e. The van der Waals surface area contributed by atoms with E-state index in [9.17, 15) is 0 Å². The highest BCUT2D eigenvalue weighted by Gasteiger charge is 2.24. The molecule has 0 aromatic heterocycles. The zero-order valence-corrected chi connectivity index (χ0v) is 11.7. The molecular formula is C16H16N2S. The van der Waals surface area contributed by atoms with Gasteiger partial charge in [-0.3, -0.25) is 5.01 Å². The molecule has 3 heteroatoms. The van der Waals surface area contributed by atoms with E-state index < -0.39 is 0 Å². The maximum absolute atomic E-state index is 3.38. The quantitative estimate of drug-likeness (QED) is 0.847. The summed E-state index contributed by atoms with van der Waals surface area (Å²) in [6.07, 6.45) is 0. The average Bonchev–Trinajstić information content (AvgIpc) is 2.93. The zero-order chi connectivity index (χ0) is 13.1. The lowest BCUT2D eigenvalue weighted by Crippen LogP contribution is -2.26. The minimum Gasteiger partial charge on any atom is -0.297 e. The highest BCUT2D eigenvalue weighted by molar-refractivity contribution is 8.07. The molecule has 96 valence electrons. The molecule has 0 amide bonds. The average molecular weight is 268 g/mol. The van der Waals surface area contributed by atoms with Gasteiger partial charge in [0.05, 0.1) is 10.6 Å². The molecule has 3 rings (SSSR count). The molecule has 0 saturated heterocycles. The van der Waals surface area contributed by atoms with Crippen LogP contribution in [0.5, 0.6) is 0 Å². The van der Waals surface area contributed by atoms with E-state index in [2.05, 4.69) is 77.4 Å². The van der Waals surface area contributed by atoms with Gasteiger partial charge >= 0.3 is 0 Å². The molecule has 0 aliphatic carbocycles. The molecule has 0 atom stereocenters. The van der Waals surface area contributed by atoms with E-state index in [1.54, 1.807) is 11.9 Å². The van der Waals surface area contributed by atoms with Crippen molar-refractivity contribution in [2.75, 3.05) is 6.54 Å². The normalized spacial score (nSPS) is 15.1. The first-order valence-electron chi connectivity index (χ1n) is 6.45. The summed E-state index contributed by atoms with van der Waals surface area (Å²) in [6.45, 7) is 3.10. The monoisotopic (exact) mass is 268 g/mol. The molecule has 2 aromatic carbocycles. The zero-order valence-electron chi connectivity index (χ0n) is 10.8. The minimum absolute atomic E-state index is 0.938. The third-order valence-corrected chi connectivity index (χ3v) is 4.09. The summed E-state index contributed by atoms with van der Waals surface area (Å²) in [5.41, 5.74) is 3.77. The standard InChI is InChI=1S/C16H16N2S/c1-2-18-15(13-9-5-3-6-10-13)16(19-17-18)14-11-7-4-8-12-14/h3-12,17H,2H2,1H3. The largest absolute Gasteiger partial charge is 0.297 e. The van der Waals surface area contributed by atoms with Crippen LogP contribution in [0.3, 0.4) is 0 Å². The van der Waals surface area contributed by atoms with E-state index in [0.717, 1.165) is 6.54 Å². The Morgan fingerprint density at radius 1 is 0.895 bits per heavy atom. The molecule has 0 radical (unpaired) electrons. The van der Waals surface area contributed by atoms with E-state index in [1.165, 1.54) is 21.7 Å². The van der Waals surface area contributed by atoms with Gasteiger partial charge in [0.25, 0.3) is 0 Å². The molecule has 2 aromatic rings. The van der Waals surface area contributed by atoms with Gasteiger partial charge in [0.2, 0.25) is 0 Å². The predicted octanol–water partition coefficient (Wildman–Crippen LogP) is 4.00. The Morgan fingerprint density at radius 2 is 1.47 bits per heavy atom. The molecule has 0 fully saturated rings. The van der Waals surface area contributed by atoms with Gasteiger partial charge in [-0.1, -0.05) is 60.7 Å². The Labute approximate surface area is 118 Å². The Hall–Kier alpha value is -1.71. The fourth-order valence-electron chi connectivity index (χ4n) is 2.21. The fraction of sp³-hybridized carbons (Fsp3) is 0.125. The number of nitrogens with one attached hydrogen (secondary N) is 1. The summed E-state index contributed by atoms with van der Waals surface area (Å²) < 4.78 is 0. The molecule has 19 heavy (non-hydrogen) atoms. The van der Waals surface area contributed by atoms with Crippen LogP contribution in [0.2, 0.25) is 0 Å². The van der Waals surface area contributed by atoms with Crippen molar-refractivity contribution in [3.8, 4) is 0 Å². The van der Waals surface area contributed by atoms with Crippen molar-refractivity contribution in [2.45, 2.75) is 6.92 Å². The van der Waals surface area contributed by atoms with E-state index in [0.29, 0.717) is 0 Å². The minimum atomic E-state index is 0.938. The van der Waals surface area contributed by atoms with Crippen LogP contribution in [0.15, 0.2) is 60.7 Å². The predicted molar refractivity (Wildman–Crippen MR) is 82.8 cm³/mol. The Kier molecular flexibility index (Phi) is 3.58. The maximum Gasteiger partial charge on any atom is 0.0756 e. The molecule has 1 heterocycles. The van der Waals surface area contributed by atoms with Crippen molar-refractivity contribution in [1.29, 1.82) is 0 Å². The van der Waals surface area contributed by atoms with Crippen molar-refractivity contribution in [2.24, 2.45) is 0 Å². The second-order valence-corrected chi connectivity index (χ2v) is 5.14. The molecule has 1 aliphatic rings. The number of hydrazine groups is 1. The van der Waals surface area contributed by atoms with Gasteiger partial charge in [0.1, 0.15) is 0 Å². The SMILES string of the molecule is CCN1NSC(c2ccccc2)=C1c1ccccc1. The van der Waals surface area contributed by atoms with Crippen LogP contribution < -0.4 is 4.83 Å². The Bertz CT molecular complexity index is 578. The highest BCUT2D eigenvalue weighted by Crippen LogP contribution is 2.40. The summed E-state index contributed by atoms with van der Waals surface area (Å²) >= 11 is 1.69. The van der Waals surface area contributed by atoms with Crippen LogP contribution in [0.25, 0.3) is 10.6 Å². The second-order valence-electron chi connectivity index (χ2n) is 4.35. The van der Waals surface area contributed by atoms with E-state index >= 15 is 0 Å². The van der Waals surface area contributed by atoms with Crippen LogP contribution >= 0.6 is 11.9 Å². The second kappa shape index (κ2) is 5.51. The molecule has 1 N–H and O–H groups in total. The maximum atomic E-state index is 3.38. The van der Waals surface area contributed by atoms with Gasteiger partial charge in [-0.15, -0.1) is 0 Å². The number of benzene rings is 2. The molecule has 0 spiro atoms. The Balaban J connectivity index is 2.12. The third kappa shape index (κ3) is 2.39. The van der Waals surface area contributed by atoms with Gasteiger partial charge in [-0.2, -0.15) is 4.83 Å². The fourth-order valence-corrected chi connectivity index (χ4v) is 3.21. The summed E-state index contributed by atoms with van der Waals surface area (Å²) in [5.74, 6) is 0. The molecule has 0 saturated carbocycles. The highest BCUT2D eigenvalue weighted by atomic mass is 32.2. The summed E-state index contributed by atoms with van der Waals surface area (Å²) in [5, 5.41) is 2.20. The summed E-state index contributed by atoms with van der Waals surface area (Å²) in [4.78, 5) is 4.67. The van der Waals surface area contributed by atoms with Crippen LogP contribution in [0.4, 0.5) is 0 Å². The van der Waals surface area contributed by atoms with Gasteiger partial charge in [0, 0.05) is 12.1 Å². The van der Waals surface area contributed by atoms with Crippen LogP contribution in [-0.2, 0) is 0 Å². The lowest BCUT2D eigenvalue weighted by Gasteiger charge is -2.19. The number of hydrogen-bond acceptors (Lipinski definition) is 3. The molecular weight excluding hydrogens is 252 g/mol. The summed E-state index contributed by atoms with van der Waals surface area (Å²) in [7, 11) is 0. The topological polar surface area (TPSA) is 15.3 Å². The lowest BCUT2D eigenvalue weighted by molar-refractivity contribution is 0.404. The molecule has 1 aliphatic heterocycles. The first kappa shape index (κ1) is 12.3. The van der Waals surface area contributed by atoms with Crippen LogP contribution in [0, 0.1) is 0 Å². The molecule has 0 bridgehead atoms.